The molecule has 2 aromatic carbocycles. The molecule has 0 aliphatic carbocycles. The molecule has 3 aromatic rings. The fraction of sp³-hybridized carbons (Fsp3) is 0.261. The molecule has 1 heterocycles. The van der Waals surface area contributed by atoms with Crippen LogP contribution in [0.25, 0.3) is 11.3 Å². The number of benzene rings is 2. The molecule has 0 saturated carbocycles. The number of hydrogen-bond donors (Lipinski definition) is 2. The van der Waals surface area contributed by atoms with Crippen LogP contribution in [0, 0.1) is 0 Å². The molecule has 0 aliphatic rings. The smallest absolute Gasteiger partial charge is 0.357 e. The summed E-state index contributed by atoms with van der Waals surface area (Å²) < 4.78 is 5.32. The van der Waals surface area contributed by atoms with Gasteiger partial charge in [0.05, 0.1) is 5.69 Å². The van der Waals surface area contributed by atoms with Gasteiger partial charge in [-0.1, -0.05) is 62.4 Å². The van der Waals surface area contributed by atoms with E-state index < -0.39 is 12.1 Å². The van der Waals surface area contributed by atoms with Gasteiger partial charge < -0.3 is 10.1 Å². The van der Waals surface area contributed by atoms with E-state index in [0.29, 0.717) is 11.6 Å². The van der Waals surface area contributed by atoms with Crippen molar-refractivity contribution >= 4 is 17.6 Å². The highest BCUT2D eigenvalue weighted by atomic mass is 16.5. The molecule has 6 nitrogen and oxygen atoms in total. The molecule has 0 radical (unpaired) electrons. The molecule has 0 saturated heterocycles. The first-order valence-corrected chi connectivity index (χ1v) is 9.71. The third-order valence-electron chi connectivity index (χ3n) is 4.88. The van der Waals surface area contributed by atoms with Gasteiger partial charge in [0, 0.05) is 11.3 Å². The Bertz CT molecular complexity index is 982. The normalized spacial score (nSPS) is 12.8. The van der Waals surface area contributed by atoms with E-state index in [1.54, 1.807) is 13.0 Å². The summed E-state index contributed by atoms with van der Waals surface area (Å²) in [6.45, 7) is 5.76. The molecule has 1 amide bonds. The number of rotatable bonds is 7. The van der Waals surface area contributed by atoms with Gasteiger partial charge in [0.25, 0.3) is 5.91 Å². The van der Waals surface area contributed by atoms with Crippen molar-refractivity contribution in [3.63, 3.8) is 0 Å². The molecular weight excluding hydrogens is 366 g/mol. The molecule has 1 aromatic heterocycles. The topological polar surface area (TPSA) is 84.1 Å². The van der Waals surface area contributed by atoms with E-state index in [2.05, 4.69) is 29.4 Å². The van der Waals surface area contributed by atoms with E-state index in [1.807, 2.05) is 54.6 Å². The summed E-state index contributed by atoms with van der Waals surface area (Å²) in [4.78, 5) is 25.0. The van der Waals surface area contributed by atoms with Crippen LogP contribution in [0.5, 0.6) is 0 Å². The molecule has 0 unspecified atom stereocenters. The molecule has 2 N–H and O–H groups in total. The van der Waals surface area contributed by atoms with Gasteiger partial charge in [-0.25, -0.2) is 4.79 Å². The molecule has 0 aliphatic heterocycles. The van der Waals surface area contributed by atoms with E-state index in [9.17, 15) is 9.59 Å². The molecule has 0 bridgehead atoms. The number of anilines is 1. The maximum Gasteiger partial charge on any atom is 0.357 e. The van der Waals surface area contributed by atoms with Crippen LogP contribution in [-0.4, -0.2) is 28.2 Å². The van der Waals surface area contributed by atoms with Gasteiger partial charge in [0.15, 0.2) is 6.10 Å². The minimum atomic E-state index is -0.948. The number of hydrogen-bond acceptors (Lipinski definition) is 4. The van der Waals surface area contributed by atoms with E-state index in [-0.39, 0.29) is 11.6 Å². The van der Waals surface area contributed by atoms with Gasteiger partial charge >= 0.3 is 5.97 Å². The highest BCUT2D eigenvalue weighted by Crippen LogP contribution is 2.26. The zero-order valence-electron chi connectivity index (χ0n) is 16.8. The summed E-state index contributed by atoms with van der Waals surface area (Å²) in [5.41, 5.74) is 3.52. The van der Waals surface area contributed by atoms with E-state index in [1.165, 1.54) is 0 Å². The summed E-state index contributed by atoms with van der Waals surface area (Å²) >= 11 is 0. The number of nitrogens with zero attached hydrogens (tertiary/aromatic N) is 1. The van der Waals surface area contributed by atoms with Crippen LogP contribution >= 0.6 is 0 Å². The number of para-hydroxylation sites is 1. The number of carbonyl (C=O) groups is 2. The zero-order valence-corrected chi connectivity index (χ0v) is 16.8. The Kier molecular flexibility index (Phi) is 6.44. The first-order chi connectivity index (χ1) is 14.0. The zero-order chi connectivity index (χ0) is 20.8. The highest BCUT2D eigenvalue weighted by Gasteiger charge is 2.22. The Hall–Kier alpha value is -3.41. The Balaban J connectivity index is 1.65. The summed E-state index contributed by atoms with van der Waals surface area (Å²) in [5.74, 6) is -0.694. The van der Waals surface area contributed by atoms with Crippen molar-refractivity contribution < 1.29 is 14.3 Å². The molecule has 0 spiro atoms. The third kappa shape index (κ3) is 4.90. The number of nitrogens with one attached hydrogen (secondary N) is 2. The predicted molar refractivity (Wildman–Crippen MR) is 113 cm³/mol. The van der Waals surface area contributed by atoms with E-state index in [0.717, 1.165) is 23.2 Å². The van der Waals surface area contributed by atoms with Crippen LogP contribution < -0.4 is 5.32 Å². The molecule has 150 valence electrons. The predicted octanol–water partition coefficient (Wildman–Crippen LogP) is 4.77. The molecule has 29 heavy (non-hydrogen) atoms. The van der Waals surface area contributed by atoms with Crippen molar-refractivity contribution in [3.05, 3.63) is 71.9 Å². The van der Waals surface area contributed by atoms with E-state index in [4.69, 9.17) is 4.74 Å². The summed E-state index contributed by atoms with van der Waals surface area (Å²) in [6.07, 6.45) is 0.0111. The fourth-order valence-corrected chi connectivity index (χ4v) is 2.96. The average Bonchev–Trinajstić information content (AvgIpc) is 3.24. The van der Waals surface area contributed by atoms with Crippen LogP contribution in [0.2, 0.25) is 0 Å². The second-order valence-corrected chi connectivity index (χ2v) is 6.97. The van der Waals surface area contributed by atoms with Crippen LogP contribution in [-0.2, 0) is 9.53 Å². The van der Waals surface area contributed by atoms with E-state index >= 15 is 0 Å². The summed E-state index contributed by atoms with van der Waals surface area (Å²) in [7, 11) is 0. The van der Waals surface area contributed by atoms with Crippen LogP contribution in [0.4, 0.5) is 5.69 Å². The highest BCUT2D eigenvalue weighted by molar-refractivity contribution is 5.97. The number of carbonyl (C=O) groups excluding carboxylic acids is 2. The number of ether oxygens (including phenoxy) is 1. The van der Waals surface area contributed by atoms with Crippen LogP contribution in [0.3, 0.4) is 0 Å². The standard InChI is InChI=1S/C23H25N3O3/c1-4-15(2)18-12-8-9-13-19(18)24-22(27)16(3)29-23(28)21-14-20(25-26-21)17-10-6-5-7-11-17/h5-16H,4H2,1-3H3,(H,24,27)(H,25,26)/t15-,16+/m0/s1. The Morgan fingerprint density at radius 3 is 2.48 bits per heavy atom. The minimum Gasteiger partial charge on any atom is -0.448 e. The van der Waals surface area contributed by atoms with Crippen molar-refractivity contribution in [2.75, 3.05) is 5.32 Å². The van der Waals surface area contributed by atoms with Gasteiger partial charge in [-0.05, 0) is 37.0 Å². The lowest BCUT2D eigenvalue weighted by Gasteiger charge is -2.18. The Morgan fingerprint density at radius 1 is 1.07 bits per heavy atom. The first kappa shape index (κ1) is 20.3. The molecule has 2 atom stereocenters. The van der Waals surface area contributed by atoms with Gasteiger partial charge in [0.2, 0.25) is 0 Å². The number of aromatic amines is 1. The van der Waals surface area contributed by atoms with Gasteiger partial charge in [0.1, 0.15) is 5.69 Å². The van der Waals surface area contributed by atoms with Gasteiger partial charge in [-0.2, -0.15) is 5.10 Å². The maximum atomic E-state index is 12.6. The number of esters is 1. The van der Waals surface area contributed by atoms with Crippen molar-refractivity contribution in [2.24, 2.45) is 0 Å². The Labute approximate surface area is 170 Å². The second-order valence-electron chi connectivity index (χ2n) is 6.97. The monoisotopic (exact) mass is 391 g/mol. The van der Waals surface area contributed by atoms with Crippen LogP contribution in [0.1, 0.15) is 49.2 Å². The Morgan fingerprint density at radius 2 is 1.76 bits per heavy atom. The van der Waals surface area contributed by atoms with Crippen molar-refractivity contribution in [2.45, 2.75) is 39.2 Å². The fourth-order valence-electron chi connectivity index (χ4n) is 2.96. The summed E-state index contributed by atoms with van der Waals surface area (Å²) in [5, 5.41) is 9.69. The summed E-state index contributed by atoms with van der Waals surface area (Å²) in [6, 6.07) is 18.8. The molecule has 6 heteroatoms. The molecule has 3 rings (SSSR count). The largest absolute Gasteiger partial charge is 0.448 e. The second kappa shape index (κ2) is 9.19. The average molecular weight is 391 g/mol. The molecular formula is C23H25N3O3. The molecule has 0 fully saturated rings. The number of aromatic nitrogens is 2. The SMILES string of the molecule is CC[C@H](C)c1ccccc1NC(=O)[C@@H](C)OC(=O)c1cc(-c2ccccc2)n[nH]1. The third-order valence-corrected chi connectivity index (χ3v) is 4.88. The minimum absolute atomic E-state index is 0.198. The van der Waals surface area contributed by atoms with Crippen molar-refractivity contribution in [1.29, 1.82) is 0 Å². The quantitative estimate of drug-likeness (QED) is 0.568. The van der Waals surface area contributed by atoms with Crippen molar-refractivity contribution in [1.82, 2.24) is 10.2 Å². The maximum absolute atomic E-state index is 12.6. The number of H-pyrrole nitrogens is 1. The van der Waals surface area contributed by atoms with Gasteiger partial charge in [-0.15, -0.1) is 0 Å². The lowest BCUT2D eigenvalue weighted by atomic mass is 9.97. The van der Waals surface area contributed by atoms with Crippen molar-refractivity contribution in [3.8, 4) is 11.3 Å². The lowest BCUT2D eigenvalue weighted by Crippen LogP contribution is -2.30. The van der Waals surface area contributed by atoms with Gasteiger partial charge in [-0.3, -0.25) is 9.89 Å². The lowest BCUT2D eigenvalue weighted by molar-refractivity contribution is -0.123. The van der Waals surface area contributed by atoms with Crippen LogP contribution in [0.15, 0.2) is 60.7 Å². The first-order valence-electron chi connectivity index (χ1n) is 9.71. The number of amides is 1.